The van der Waals surface area contributed by atoms with Gasteiger partial charge in [0, 0.05) is 14.8 Å². The zero-order valence-corrected chi connectivity index (χ0v) is 27.1. The number of esters is 2. The second kappa shape index (κ2) is 16.6. The number of amides is 2. The number of halogens is 1. The van der Waals surface area contributed by atoms with Crippen LogP contribution >= 0.6 is 22.6 Å². The number of carbonyl (C=O) groups is 3. The Labute approximate surface area is 268 Å². The Morgan fingerprint density at radius 3 is 2.55 bits per heavy atom. The third-order valence-electron chi connectivity index (χ3n) is 6.01. The van der Waals surface area contributed by atoms with Gasteiger partial charge in [0.1, 0.15) is 6.61 Å². The van der Waals surface area contributed by atoms with Crippen molar-refractivity contribution in [3.63, 3.8) is 0 Å². The highest BCUT2D eigenvalue weighted by atomic mass is 127. The minimum Gasteiger partial charge on any atom is -0.493 e. The lowest BCUT2D eigenvalue weighted by Crippen LogP contribution is -2.45. The van der Waals surface area contributed by atoms with E-state index in [1.807, 2.05) is 0 Å². The lowest BCUT2D eigenvalue weighted by Gasteiger charge is -2.28. The van der Waals surface area contributed by atoms with E-state index in [9.17, 15) is 19.5 Å². The minimum absolute atomic E-state index is 0.213. The molecule has 0 aromatic heterocycles. The lowest BCUT2D eigenvalue weighted by atomic mass is 9.95. The molecule has 0 saturated carbocycles. The molecule has 0 fully saturated rings. The average molecular weight is 727 g/mol. The maximum absolute atomic E-state index is 12.4. The van der Waals surface area contributed by atoms with Crippen molar-refractivity contribution >= 4 is 46.8 Å². The maximum Gasteiger partial charge on any atom is 0.344 e. The molecule has 1 aliphatic heterocycles. The summed E-state index contributed by atoms with van der Waals surface area (Å²) in [7, 11) is 2.74. The van der Waals surface area contributed by atoms with Crippen molar-refractivity contribution in [1.82, 2.24) is 16.1 Å². The van der Waals surface area contributed by atoms with Crippen LogP contribution in [-0.2, 0) is 19.1 Å². The predicted molar refractivity (Wildman–Crippen MR) is 167 cm³/mol. The quantitative estimate of drug-likeness (QED) is 0.0699. The van der Waals surface area contributed by atoms with E-state index in [2.05, 4.69) is 43.8 Å². The number of hydrogen-bond donors (Lipinski definition) is 4. The van der Waals surface area contributed by atoms with Crippen molar-refractivity contribution in [2.24, 2.45) is 5.10 Å². The third kappa shape index (κ3) is 9.12. The molecule has 1 heterocycles. The van der Waals surface area contributed by atoms with Crippen LogP contribution in [0.15, 0.2) is 46.7 Å². The SMILES string of the molecule is CCOC(=O)COc1c(/C=N/N[C@@H](O)COc2ccc([C@H]3NC(=O)NC(C)=C3C(=O)OC)cc2OCC)cc(I)cc1OC. The highest BCUT2D eigenvalue weighted by Gasteiger charge is 2.32. The normalized spacial score (nSPS) is 15.2. The van der Waals surface area contributed by atoms with Crippen LogP contribution < -0.4 is 35.0 Å². The minimum atomic E-state index is -1.23. The Hall–Kier alpha value is -4.25. The standard InChI is InChI=1S/C29H35IN4O10/c1-6-41-21-11-17(26-25(28(37)40-5)16(3)32-29(38)33-26)8-9-20(21)43-14-23(35)34-31-13-18-10-19(30)12-22(39-4)27(18)44-15-24(36)42-7-2/h8-13,23,26,34-35H,6-7,14-15H2,1-5H3,(H2,32,33,38)/b31-13+/t23-,26+/m0/s1. The van der Waals surface area contributed by atoms with Gasteiger partial charge in [-0.2, -0.15) is 5.10 Å². The van der Waals surface area contributed by atoms with Crippen molar-refractivity contribution in [3.8, 4) is 23.0 Å². The summed E-state index contributed by atoms with van der Waals surface area (Å²) in [6, 6.07) is 7.19. The van der Waals surface area contributed by atoms with Crippen molar-refractivity contribution in [2.45, 2.75) is 33.0 Å². The molecule has 0 unspecified atom stereocenters. The fourth-order valence-corrected chi connectivity index (χ4v) is 4.76. The summed E-state index contributed by atoms with van der Waals surface area (Å²) in [5.41, 5.74) is 4.26. The molecule has 2 aromatic rings. The molecule has 2 amide bonds. The summed E-state index contributed by atoms with van der Waals surface area (Å²) in [4.78, 5) is 36.4. The molecule has 0 saturated heterocycles. The number of urea groups is 1. The van der Waals surface area contributed by atoms with Crippen LogP contribution in [-0.4, -0.2) is 76.2 Å². The van der Waals surface area contributed by atoms with Gasteiger partial charge < -0.3 is 44.2 Å². The van der Waals surface area contributed by atoms with Crippen molar-refractivity contribution < 1.29 is 47.9 Å². The number of aliphatic hydroxyl groups is 1. The fraction of sp³-hybridized carbons (Fsp3) is 0.379. The molecule has 0 aliphatic carbocycles. The number of hydrogen-bond acceptors (Lipinski definition) is 12. The molecule has 3 rings (SSSR count). The summed E-state index contributed by atoms with van der Waals surface area (Å²) in [5.74, 6) is 0.213. The zero-order valence-electron chi connectivity index (χ0n) is 24.9. The summed E-state index contributed by atoms with van der Waals surface area (Å²) in [6.45, 7) is 5.11. The van der Waals surface area contributed by atoms with E-state index >= 15 is 0 Å². The van der Waals surface area contributed by atoms with Crippen molar-refractivity contribution in [2.75, 3.05) is 40.6 Å². The molecule has 0 bridgehead atoms. The molecule has 2 atom stereocenters. The van der Waals surface area contributed by atoms with Gasteiger partial charge in [0.2, 0.25) is 0 Å². The smallest absolute Gasteiger partial charge is 0.344 e. The fourth-order valence-electron chi connectivity index (χ4n) is 4.14. The molecule has 15 heteroatoms. The zero-order chi connectivity index (χ0) is 32.2. The molecule has 14 nitrogen and oxygen atoms in total. The summed E-state index contributed by atoms with van der Waals surface area (Å²) < 4.78 is 33.2. The number of methoxy groups -OCH3 is 2. The third-order valence-corrected chi connectivity index (χ3v) is 6.63. The van der Waals surface area contributed by atoms with Crippen LogP contribution in [0.3, 0.4) is 0 Å². The van der Waals surface area contributed by atoms with E-state index in [1.165, 1.54) is 20.4 Å². The van der Waals surface area contributed by atoms with Crippen LogP contribution in [0, 0.1) is 3.57 Å². The van der Waals surface area contributed by atoms with Crippen LogP contribution in [0.1, 0.15) is 37.9 Å². The van der Waals surface area contributed by atoms with Crippen LogP contribution in [0.4, 0.5) is 4.79 Å². The largest absolute Gasteiger partial charge is 0.493 e. The predicted octanol–water partition coefficient (Wildman–Crippen LogP) is 2.76. The molecule has 0 spiro atoms. The molecule has 4 N–H and O–H groups in total. The summed E-state index contributed by atoms with van der Waals surface area (Å²) >= 11 is 2.11. The number of carbonyl (C=O) groups excluding carboxylic acids is 3. The first-order valence-electron chi connectivity index (χ1n) is 13.5. The van der Waals surface area contributed by atoms with Gasteiger partial charge in [-0.1, -0.05) is 6.07 Å². The topological polar surface area (TPSA) is 175 Å². The second-order valence-corrected chi connectivity index (χ2v) is 10.3. The number of rotatable bonds is 15. The van der Waals surface area contributed by atoms with Crippen molar-refractivity contribution in [1.29, 1.82) is 0 Å². The van der Waals surface area contributed by atoms with Gasteiger partial charge >= 0.3 is 18.0 Å². The van der Waals surface area contributed by atoms with Gasteiger partial charge in [-0.25, -0.2) is 14.4 Å². The molecule has 1 aliphatic rings. The number of aliphatic hydroxyl groups excluding tert-OH is 1. The number of benzene rings is 2. The Balaban J connectivity index is 1.71. The van der Waals surface area contributed by atoms with E-state index in [-0.39, 0.29) is 31.1 Å². The maximum atomic E-state index is 12.4. The number of nitrogens with one attached hydrogen (secondary N) is 3. The summed E-state index contributed by atoms with van der Waals surface area (Å²) in [5, 5.41) is 19.9. The summed E-state index contributed by atoms with van der Waals surface area (Å²) in [6.07, 6.45) is 0.186. The highest BCUT2D eigenvalue weighted by molar-refractivity contribution is 14.1. The Bertz CT molecular complexity index is 1410. The molecular weight excluding hydrogens is 691 g/mol. The average Bonchev–Trinajstić information content (AvgIpc) is 2.99. The van der Waals surface area contributed by atoms with E-state index < -0.39 is 30.2 Å². The Kier molecular flexibility index (Phi) is 12.9. The van der Waals surface area contributed by atoms with Crippen LogP contribution in [0.25, 0.3) is 0 Å². The Morgan fingerprint density at radius 2 is 1.86 bits per heavy atom. The molecule has 0 radical (unpaired) electrons. The van der Waals surface area contributed by atoms with Gasteiger partial charge in [-0.15, -0.1) is 0 Å². The number of allylic oxidation sites excluding steroid dienone is 1. The van der Waals surface area contributed by atoms with Gasteiger partial charge in [0.15, 0.2) is 35.8 Å². The first-order chi connectivity index (χ1) is 21.1. The first-order valence-corrected chi connectivity index (χ1v) is 14.6. The van der Waals surface area contributed by atoms with Crippen molar-refractivity contribution in [3.05, 3.63) is 56.3 Å². The monoisotopic (exact) mass is 726 g/mol. The van der Waals surface area contributed by atoms with E-state index in [0.29, 0.717) is 40.7 Å². The van der Waals surface area contributed by atoms with Gasteiger partial charge in [-0.3, -0.25) is 5.43 Å². The highest BCUT2D eigenvalue weighted by Crippen LogP contribution is 2.35. The lowest BCUT2D eigenvalue weighted by molar-refractivity contribution is -0.145. The second-order valence-electron chi connectivity index (χ2n) is 9.04. The number of nitrogens with zero attached hydrogens (tertiary/aromatic N) is 1. The van der Waals surface area contributed by atoms with Gasteiger partial charge in [0.05, 0.1) is 45.3 Å². The van der Waals surface area contributed by atoms with E-state index in [4.69, 9.17) is 28.4 Å². The van der Waals surface area contributed by atoms with Gasteiger partial charge in [0.25, 0.3) is 0 Å². The number of hydrazone groups is 1. The number of ether oxygens (including phenoxy) is 6. The van der Waals surface area contributed by atoms with E-state index in [1.54, 1.807) is 51.1 Å². The van der Waals surface area contributed by atoms with Crippen LogP contribution in [0.2, 0.25) is 0 Å². The molecule has 44 heavy (non-hydrogen) atoms. The molecule has 238 valence electrons. The molecular formula is C29H35IN4O10. The first kappa shape index (κ1) is 34.2. The van der Waals surface area contributed by atoms with E-state index in [0.717, 1.165) is 3.57 Å². The van der Waals surface area contributed by atoms with Crippen LogP contribution in [0.5, 0.6) is 23.0 Å². The Morgan fingerprint density at radius 1 is 1.09 bits per heavy atom. The molecule has 2 aromatic carbocycles. The van der Waals surface area contributed by atoms with Gasteiger partial charge in [-0.05, 0) is 73.2 Å².